The Kier molecular flexibility index (Phi) is 4.16. The number of nitrogens with one attached hydrogen (secondary N) is 1. The molecule has 98 valence electrons. The van der Waals surface area contributed by atoms with E-state index in [0.717, 1.165) is 12.3 Å². The normalized spacial score (nSPS) is 15.2. The van der Waals surface area contributed by atoms with Crippen molar-refractivity contribution < 1.29 is 9.31 Å². The number of nitrogens with zero attached hydrogens (tertiary/aromatic N) is 1. The van der Waals surface area contributed by atoms with Crippen LogP contribution in [0.3, 0.4) is 0 Å². The van der Waals surface area contributed by atoms with E-state index < -0.39 is 10.7 Å². The van der Waals surface area contributed by atoms with Gasteiger partial charge in [-0.15, -0.1) is 0 Å². The predicted octanol–water partition coefficient (Wildman–Crippen LogP) is 4.10. The monoisotopic (exact) mass is 316 g/mol. The van der Waals surface area contributed by atoms with E-state index in [9.17, 15) is 14.5 Å². The lowest BCUT2D eigenvalue weighted by Gasteiger charge is -2.25. The molecule has 4 nitrogen and oxygen atoms in total. The summed E-state index contributed by atoms with van der Waals surface area (Å²) in [5.41, 5.74) is 0.150. The summed E-state index contributed by atoms with van der Waals surface area (Å²) in [6, 6.07) is 2.37. The third-order valence-corrected chi connectivity index (χ3v) is 3.94. The molecule has 2 rings (SSSR count). The fourth-order valence-electron chi connectivity index (χ4n) is 2.02. The van der Waals surface area contributed by atoms with Gasteiger partial charge in [0.2, 0.25) is 0 Å². The molecular weight excluding hydrogens is 303 g/mol. The molecule has 1 saturated carbocycles. The number of halogens is 2. The van der Waals surface area contributed by atoms with Crippen LogP contribution in [-0.4, -0.2) is 11.5 Å². The molecule has 0 spiro atoms. The zero-order valence-corrected chi connectivity index (χ0v) is 11.4. The van der Waals surface area contributed by atoms with Crippen LogP contribution in [-0.2, 0) is 0 Å². The molecule has 0 amide bonds. The van der Waals surface area contributed by atoms with Crippen molar-refractivity contribution >= 4 is 27.3 Å². The lowest BCUT2D eigenvalue weighted by molar-refractivity contribution is -0.384. The van der Waals surface area contributed by atoms with Crippen LogP contribution in [0.4, 0.5) is 15.8 Å². The number of nitro groups is 1. The third-order valence-electron chi connectivity index (χ3n) is 3.33. The van der Waals surface area contributed by atoms with Crippen molar-refractivity contribution in [2.45, 2.75) is 25.7 Å². The Balaban J connectivity index is 2.04. The van der Waals surface area contributed by atoms with Crippen molar-refractivity contribution in [1.82, 2.24) is 0 Å². The van der Waals surface area contributed by atoms with E-state index in [4.69, 9.17) is 0 Å². The number of rotatable bonds is 5. The van der Waals surface area contributed by atoms with Crippen LogP contribution in [0.1, 0.15) is 25.7 Å². The summed E-state index contributed by atoms with van der Waals surface area (Å²) in [6.45, 7) is 0.645. The van der Waals surface area contributed by atoms with Gasteiger partial charge in [0.05, 0.1) is 9.40 Å². The summed E-state index contributed by atoms with van der Waals surface area (Å²) in [5, 5.41) is 13.8. The Morgan fingerprint density at radius 1 is 1.50 bits per heavy atom. The molecule has 0 heterocycles. The Morgan fingerprint density at radius 2 is 2.22 bits per heavy atom. The number of benzene rings is 1. The van der Waals surface area contributed by atoms with Crippen LogP contribution in [0.5, 0.6) is 0 Å². The first kappa shape index (κ1) is 13.3. The van der Waals surface area contributed by atoms with Crippen molar-refractivity contribution in [3.05, 3.63) is 32.5 Å². The van der Waals surface area contributed by atoms with Gasteiger partial charge in [-0.25, -0.2) is 4.39 Å². The van der Waals surface area contributed by atoms with E-state index in [-0.39, 0.29) is 15.8 Å². The van der Waals surface area contributed by atoms with Crippen LogP contribution in [0.25, 0.3) is 0 Å². The largest absolute Gasteiger partial charge is 0.379 e. The highest BCUT2D eigenvalue weighted by Gasteiger charge is 2.19. The maximum atomic E-state index is 13.4. The van der Waals surface area contributed by atoms with Gasteiger partial charge in [0.15, 0.2) is 0 Å². The van der Waals surface area contributed by atoms with Gasteiger partial charge in [0.25, 0.3) is 5.69 Å². The minimum absolute atomic E-state index is 0.100. The molecule has 1 aliphatic carbocycles. The number of hydrogen-bond donors (Lipinski definition) is 1. The van der Waals surface area contributed by atoms with Crippen molar-refractivity contribution in [2.75, 3.05) is 11.9 Å². The molecule has 0 radical (unpaired) electrons. The second-order valence-corrected chi connectivity index (χ2v) is 5.41. The summed E-state index contributed by atoms with van der Waals surface area (Å²) in [4.78, 5) is 10.4. The summed E-state index contributed by atoms with van der Waals surface area (Å²) >= 11 is 2.95. The molecule has 1 aliphatic rings. The van der Waals surface area contributed by atoms with Crippen LogP contribution in [0.2, 0.25) is 0 Å². The van der Waals surface area contributed by atoms with E-state index in [1.807, 2.05) is 0 Å². The quantitative estimate of drug-likeness (QED) is 0.657. The van der Waals surface area contributed by atoms with Crippen molar-refractivity contribution in [3.8, 4) is 0 Å². The maximum absolute atomic E-state index is 13.4. The first-order chi connectivity index (χ1) is 8.58. The maximum Gasteiger partial charge on any atom is 0.293 e. The third kappa shape index (κ3) is 2.98. The first-order valence-corrected chi connectivity index (χ1v) is 6.74. The number of nitro benzene ring substituents is 1. The van der Waals surface area contributed by atoms with E-state index in [1.54, 1.807) is 0 Å². The summed E-state index contributed by atoms with van der Waals surface area (Å²) in [5.74, 6) is 0.226. The zero-order chi connectivity index (χ0) is 13.1. The van der Waals surface area contributed by atoms with Gasteiger partial charge >= 0.3 is 0 Å². The highest BCUT2D eigenvalue weighted by atomic mass is 79.9. The summed E-state index contributed by atoms with van der Waals surface area (Å²) in [7, 11) is 0. The van der Waals surface area contributed by atoms with Crippen LogP contribution in [0, 0.1) is 21.8 Å². The Bertz CT molecular complexity index is 464. The Morgan fingerprint density at radius 3 is 2.78 bits per heavy atom. The molecule has 1 N–H and O–H groups in total. The standard InChI is InChI=1S/C12H14BrFN2O2/c13-9-6-12(16(17)18)11(7-10(9)14)15-5-4-8-2-1-3-8/h6-8,15H,1-5H2. The smallest absolute Gasteiger partial charge is 0.293 e. The van der Waals surface area contributed by atoms with Crippen molar-refractivity contribution in [3.63, 3.8) is 0 Å². The molecule has 1 aromatic carbocycles. The molecule has 0 aromatic heterocycles. The summed E-state index contributed by atoms with van der Waals surface area (Å²) < 4.78 is 13.5. The van der Waals surface area contributed by atoms with Gasteiger partial charge in [-0.05, 0) is 28.3 Å². The van der Waals surface area contributed by atoms with E-state index >= 15 is 0 Å². The van der Waals surface area contributed by atoms with Gasteiger partial charge < -0.3 is 5.32 Å². The average Bonchev–Trinajstić information content (AvgIpc) is 2.25. The van der Waals surface area contributed by atoms with Crippen LogP contribution >= 0.6 is 15.9 Å². The molecule has 0 unspecified atom stereocenters. The Labute approximate surface area is 113 Å². The molecule has 6 heteroatoms. The molecule has 0 aliphatic heterocycles. The van der Waals surface area contributed by atoms with E-state index in [1.165, 1.54) is 31.4 Å². The van der Waals surface area contributed by atoms with Gasteiger partial charge in [-0.3, -0.25) is 10.1 Å². The highest BCUT2D eigenvalue weighted by molar-refractivity contribution is 9.10. The fraction of sp³-hybridized carbons (Fsp3) is 0.500. The highest BCUT2D eigenvalue weighted by Crippen LogP contribution is 2.32. The van der Waals surface area contributed by atoms with Gasteiger partial charge in [-0.1, -0.05) is 19.3 Å². The fourth-order valence-corrected chi connectivity index (χ4v) is 2.35. The summed E-state index contributed by atoms with van der Waals surface area (Å²) in [6.07, 6.45) is 4.73. The van der Waals surface area contributed by atoms with E-state index in [2.05, 4.69) is 21.2 Å². The predicted molar refractivity (Wildman–Crippen MR) is 71.2 cm³/mol. The molecule has 1 fully saturated rings. The van der Waals surface area contributed by atoms with Crippen LogP contribution in [0.15, 0.2) is 16.6 Å². The lowest BCUT2D eigenvalue weighted by Crippen LogP contribution is -2.16. The topological polar surface area (TPSA) is 55.2 Å². The zero-order valence-electron chi connectivity index (χ0n) is 9.79. The van der Waals surface area contributed by atoms with Crippen molar-refractivity contribution in [1.29, 1.82) is 0 Å². The van der Waals surface area contributed by atoms with Crippen LogP contribution < -0.4 is 5.32 Å². The molecule has 0 bridgehead atoms. The number of hydrogen-bond acceptors (Lipinski definition) is 3. The van der Waals surface area contributed by atoms with Gasteiger partial charge in [0, 0.05) is 18.7 Å². The van der Waals surface area contributed by atoms with E-state index in [0.29, 0.717) is 6.54 Å². The molecular formula is C12H14BrFN2O2. The van der Waals surface area contributed by atoms with Gasteiger partial charge in [0.1, 0.15) is 11.5 Å². The van der Waals surface area contributed by atoms with Crippen molar-refractivity contribution in [2.24, 2.45) is 5.92 Å². The first-order valence-electron chi connectivity index (χ1n) is 5.95. The minimum atomic E-state index is -0.504. The second kappa shape index (κ2) is 5.65. The SMILES string of the molecule is O=[N+]([O-])c1cc(Br)c(F)cc1NCCC1CCC1. The lowest BCUT2D eigenvalue weighted by atomic mass is 9.83. The minimum Gasteiger partial charge on any atom is -0.379 e. The average molecular weight is 317 g/mol. The molecule has 0 atom stereocenters. The Hall–Kier alpha value is -1.17. The second-order valence-electron chi connectivity index (χ2n) is 4.55. The molecule has 0 saturated heterocycles. The number of anilines is 1. The molecule has 18 heavy (non-hydrogen) atoms. The molecule has 1 aromatic rings. The van der Waals surface area contributed by atoms with Gasteiger partial charge in [-0.2, -0.15) is 0 Å².